The molecule has 0 saturated carbocycles. The molecular weight excluding hydrogens is 410 g/mol. The lowest BCUT2D eigenvalue weighted by Crippen LogP contribution is -2.42. The first-order valence-electron chi connectivity index (χ1n) is 8.48. The molecule has 0 spiro atoms. The quantitative estimate of drug-likeness (QED) is 0.730. The number of benzene rings is 2. The molecule has 0 bridgehead atoms. The van der Waals surface area contributed by atoms with Crippen molar-refractivity contribution in [2.45, 2.75) is 26.3 Å². The van der Waals surface area contributed by atoms with E-state index in [0.717, 1.165) is 20.5 Å². The Morgan fingerprint density at radius 3 is 2.63 bits per heavy atom. The third-order valence-electron chi connectivity index (χ3n) is 4.65. The van der Waals surface area contributed by atoms with Gasteiger partial charge in [-0.05, 0) is 55.7 Å². The van der Waals surface area contributed by atoms with Crippen LogP contribution in [-0.2, 0) is 15.1 Å². The van der Waals surface area contributed by atoms with E-state index >= 15 is 0 Å². The number of rotatable bonds is 4. The molecule has 1 fully saturated rings. The van der Waals surface area contributed by atoms with Crippen molar-refractivity contribution in [1.29, 1.82) is 0 Å². The molecule has 0 aromatic heterocycles. The minimum Gasteiger partial charge on any atom is -0.324 e. The predicted octanol–water partition coefficient (Wildman–Crippen LogP) is 3.47. The Hall–Kier alpha value is -2.67. The van der Waals surface area contributed by atoms with Crippen molar-refractivity contribution in [3.63, 3.8) is 0 Å². The third kappa shape index (κ3) is 3.73. The van der Waals surface area contributed by atoms with E-state index in [1.807, 2.05) is 38.1 Å². The van der Waals surface area contributed by atoms with Gasteiger partial charge in [0.25, 0.3) is 5.91 Å². The second kappa shape index (κ2) is 7.15. The molecule has 2 aromatic carbocycles. The van der Waals surface area contributed by atoms with Gasteiger partial charge in [-0.25, -0.2) is 4.79 Å². The van der Waals surface area contributed by atoms with Crippen LogP contribution < -0.4 is 10.6 Å². The Morgan fingerprint density at radius 1 is 1.19 bits per heavy atom. The normalized spacial score (nSPS) is 19.2. The molecule has 3 rings (SSSR count). The average molecular weight is 430 g/mol. The fraction of sp³-hybridized carbons (Fsp3) is 0.250. The number of imide groups is 1. The maximum atomic E-state index is 12.9. The van der Waals surface area contributed by atoms with Crippen LogP contribution in [0.5, 0.6) is 0 Å². The van der Waals surface area contributed by atoms with Crippen LogP contribution in [0.15, 0.2) is 46.9 Å². The van der Waals surface area contributed by atoms with Crippen LogP contribution in [0.3, 0.4) is 0 Å². The van der Waals surface area contributed by atoms with Gasteiger partial charge in [0.15, 0.2) is 0 Å². The summed E-state index contributed by atoms with van der Waals surface area (Å²) in [7, 11) is 0. The lowest BCUT2D eigenvalue weighted by Gasteiger charge is -2.22. The van der Waals surface area contributed by atoms with E-state index in [2.05, 4.69) is 26.6 Å². The second-order valence-corrected chi connectivity index (χ2v) is 7.74. The van der Waals surface area contributed by atoms with Gasteiger partial charge in [0.2, 0.25) is 5.91 Å². The number of halogens is 1. The minimum absolute atomic E-state index is 0.346. The van der Waals surface area contributed by atoms with Gasteiger partial charge in [-0.15, -0.1) is 0 Å². The van der Waals surface area contributed by atoms with Crippen LogP contribution in [0.4, 0.5) is 10.5 Å². The summed E-state index contributed by atoms with van der Waals surface area (Å²) in [4.78, 5) is 38.7. The van der Waals surface area contributed by atoms with Crippen molar-refractivity contribution in [3.05, 3.63) is 63.6 Å². The molecule has 1 saturated heterocycles. The summed E-state index contributed by atoms with van der Waals surface area (Å²) in [5.74, 6) is -0.882. The number of hydrogen-bond acceptors (Lipinski definition) is 3. The number of hydrogen-bond donors (Lipinski definition) is 2. The van der Waals surface area contributed by atoms with E-state index < -0.39 is 23.4 Å². The summed E-state index contributed by atoms with van der Waals surface area (Å²) in [5, 5.41) is 5.47. The van der Waals surface area contributed by atoms with Crippen molar-refractivity contribution < 1.29 is 14.4 Å². The van der Waals surface area contributed by atoms with E-state index in [4.69, 9.17) is 0 Å². The van der Waals surface area contributed by atoms with E-state index in [9.17, 15) is 14.4 Å². The average Bonchev–Trinajstić information content (AvgIpc) is 2.82. The van der Waals surface area contributed by atoms with Crippen molar-refractivity contribution >= 4 is 39.5 Å². The van der Waals surface area contributed by atoms with E-state index in [0.29, 0.717) is 11.3 Å². The van der Waals surface area contributed by atoms with Gasteiger partial charge in [0.05, 0.1) is 0 Å². The highest BCUT2D eigenvalue weighted by molar-refractivity contribution is 9.10. The SMILES string of the molecule is Cc1ccc(C)c(NC(=O)CN2C(=O)NC(C)(c3cccc(Br)c3)C2=O)c1. The lowest BCUT2D eigenvalue weighted by atomic mass is 9.92. The van der Waals surface area contributed by atoms with Crippen molar-refractivity contribution in [1.82, 2.24) is 10.2 Å². The summed E-state index contributed by atoms with van der Waals surface area (Å²) >= 11 is 3.37. The number of nitrogens with one attached hydrogen (secondary N) is 2. The number of nitrogens with zero attached hydrogens (tertiary/aromatic N) is 1. The minimum atomic E-state index is -1.21. The first-order valence-corrected chi connectivity index (χ1v) is 9.27. The molecule has 1 aliphatic rings. The van der Waals surface area contributed by atoms with Crippen molar-refractivity contribution in [2.75, 3.05) is 11.9 Å². The molecule has 0 radical (unpaired) electrons. The highest BCUT2D eigenvalue weighted by Crippen LogP contribution is 2.30. The molecule has 27 heavy (non-hydrogen) atoms. The fourth-order valence-corrected chi connectivity index (χ4v) is 3.44. The number of carbonyl (C=O) groups excluding carboxylic acids is 3. The van der Waals surface area contributed by atoms with Gasteiger partial charge < -0.3 is 10.6 Å². The molecule has 2 N–H and O–H groups in total. The Labute approximate surface area is 166 Å². The van der Waals surface area contributed by atoms with Crippen molar-refractivity contribution in [2.24, 2.45) is 0 Å². The number of anilines is 1. The molecule has 7 heteroatoms. The Bertz CT molecular complexity index is 944. The number of aryl methyl sites for hydroxylation is 2. The van der Waals surface area contributed by atoms with Gasteiger partial charge in [-0.3, -0.25) is 14.5 Å². The highest BCUT2D eigenvalue weighted by Gasteiger charge is 2.49. The monoisotopic (exact) mass is 429 g/mol. The molecule has 2 aromatic rings. The van der Waals surface area contributed by atoms with Crippen LogP contribution in [0.25, 0.3) is 0 Å². The number of amides is 4. The topological polar surface area (TPSA) is 78.5 Å². The maximum Gasteiger partial charge on any atom is 0.325 e. The van der Waals surface area contributed by atoms with Crippen LogP contribution >= 0.6 is 15.9 Å². The third-order valence-corrected chi connectivity index (χ3v) is 5.14. The van der Waals surface area contributed by atoms with E-state index in [1.54, 1.807) is 25.1 Å². The zero-order valence-corrected chi connectivity index (χ0v) is 16.9. The predicted molar refractivity (Wildman–Crippen MR) is 106 cm³/mol. The van der Waals surface area contributed by atoms with Gasteiger partial charge in [0, 0.05) is 10.2 Å². The Morgan fingerprint density at radius 2 is 1.93 bits per heavy atom. The van der Waals surface area contributed by atoms with Crippen LogP contribution in [-0.4, -0.2) is 29.3 Å². The Balaban J connectivity index is 1.77. The summed E-state index contributed by atoms with van der Waals surface area (Å²) in [6, 6.07) is 12.3. The molecule has 140 valence electrons. The second-order valence-electron chi connectivity index (χ2n) is 6.82. The molecule has 1 heterocycles. The lowest BCUT2D eigenvalue weighted by molar-refractivity contribution is -0.133. The largest absolute Gasteiger partial charge is 0.325 e. The molecule has 6 nitrogen and oxygen atoms in total. The van der Waals surface area contributed by atoms with Crippen LogP contribution in [0, 0.1) is 13.8 Å². The van der Waals surface area contributed by atoms with Gasteiger partial charge in [-0.2, -0.15) is 0 Å². The summed E-state index contributed by atoms with van der Waals surface area (Å²) in [6.45, 7) is 5.10. The van der Waals surface area contributed by atoms with Gasteiger partial charge >= 0.3 is 6.03 Å². The Kier molecular flexibility index (Phi) is 5.06. The summed E-state index contributed by atoms with van der Waals surface area (Å²) in [5.41, 5.74) is 2.02. The van der Waals surface area contributed by atoms with E-state index in [-0.39, 0.29) is 6.54 Å². The summed E-state index contributed by atoms with van der Waals surface area (Å²) in [6.07, 6.45) is 0. The standard InChI is InChI=1S/C20H20BrN3O3/c1-12-7-8-13(2)16(9-12)22-17(25)11-24-18(26)20(3,23-19(24)27)14-5-4-6-15(21)10-14/h4-10H,11H2,1-3H3,(H,22,25)(H,23,27). The van der Waals surface area contributed by atoms with Gasteiger partial charge in [-0.1, -0.05) is 40.2 Å². The zero-order valence-electron chi connectivity index (χ0n) is 15.3. The van der Waals surface area contributed by atoms with Crippen molar-refractivity contribution in [3.8, 4) is 0 Å². The summed E-state index contributed by atoms with van der Waals surface area (Å²) < 4.78 is 0.800. The molecule has 1 atom stereocenters. The van der Waals surface area contributed by atoms with Crippen LogP contribution in [0.2, 0.25) is 0 Å². The zero-order chi connectivity index (χ0) is 19.8. The molecule has 1 unspecified atom stereocenters. The number of carbonyl (C=O) groups is 3. The molecular formula is C20H20BrN3O3. The van der Waals surface area contributed by atoms with Gasteiger partial charge in [0.1, 0.15) is 12.1 Å². The fourth-order valence-electron chi connectivity index (χ4n) is 3.04. The molecule has 4 amide bonds. The smallest absolute Gasteiger partial charge is 0.324 e. The first kappa shape index (κ1) is 19.1. The van der Waals surface area contributed by atoms with Crippen LogP contribution in [0.1, 0.15) is 23.6 Å². The first-order chi connectivity index (χ1) is 12.7. The maximum absolute atomic E-state index is 12.9. The molecule has 1 aliphatic heterocycles. The van der Waals surface area contributed by atoms with E-state index in [1.165, 1.54) is 0 Å². The highest BCUT2D eigenvalue weighted by atomic mass is 79.9. The molecule has 0 aliphatic carbocycles. The number of urea groups is 1.